The van der Waals surface area contributed by atoms with E-state index in [1.54, 1.807) is 0 Å². The highest BCUT2D eigenvalue weighted by atomic mass is 32.1. The molecular formula is C12H20N2OS. The summed E-state index contributed by atoms with van der Waals surface area (Å²) in [6.07, 6.45) is 1.17. The Kier molecular flexibility index (Phi) is 5.09. The van der Waals surface area contributed by atoms with Crippen LogP contribution in [0.4, 0.5) is 5.69 Å². The van der Waals surface area contributed by atoms with E-state index in [0.29, 0.717) is 4.51 Å². The lowest BCUT2D eigenvalue weighted by atomic mass is 10.1. The van der Waals surface area contributed by atoms with Gasteiger partial charge in [0, 0.05) is 13.1 Å². The van der Waals surface area contributed by atoms with Crippen LogP contribution >= 0.6 is 12.2 Å². The van der Waals surface area contributed by atoms with Gasteiger partial charge in [-0.25, -0.2) is 0 Å². The maximum absolute atomic E-state index is 11.4. The van der Waals surface area contributed by atoms with E-state index in [2.05, 4.69) is 24.1 Å². The summed E-state index contributed by atoms with van der Waals surface area (Å²) in [5, 5.41) is 3.17. The Morgan fingerprint density at radius 1 is 1.31 bits per heavy atom. The molecule has 0 atom stereocenters. The Balaban J connectivity index is 2.36. The van der Waals surface area contributed by atoms with Crippen LogP contribution in [0.15, 0.2) is 4.79 Å². The molecule has 0 radical (unpaired) electrons. The first-order valence-corrected chi connectivity index (χ1v) is 6.28. The summed E-state index contributed by atoms with van der Waals surface area (Å²) in [7, 11) is 0. The molecule has 1 aromatic rings. The highest BCUT2D eigenvalue weighted by Crippen LogP contribution is 2.13. The fourth-order valence-electron chi connectivity index (χ4n) is 1.80. The van der Waals surface area contributed by atoms with E-state index in [9.17, 15) is 4.79 Å². The molecule has 1 aromatic carbocycles. The second-order valence-electron chi connectivity index (χ2n) is 4.02. The number of nitrogens with one attached hydrogen (secondary N) is 1. The molecule has 0 aliphatic rings. The smallest absolute Gasteiger partial charge is 0.220 e. The third kappa shape index (κ3) is 2.89. The van der Waals surface area contributed by atoms with Crippen LogP contribution < -0.4 is 10.7 Å². The van der Waals surface area contributed by atoms with Crippen LogP contribution in [-0.2, 0) is 0 Å². The summed E-state index contributed by atoms with van der Waals surface area (Å²) in [5.41, 5.74) is 1.67. The van der Waals surface area contributed by atoms with Crippen LogP contribution in [0.3, 0.4) is 0 Å². The maximum atomic E-state index is 11.4. The Bertz CT molecular complexity index is 407. The summed E-state index contributed by atoms with van der Waals surface area (Å²) in [6, 6.07) is 0. The van der Waals surface area contributed by atoms with Crippen molar-refractivity contribution in [2.75, 3.05) is 31.5 Å². The van der Waals surface area contributed by atoms with Crippen molar-refractivity contribution in [3.8, 4) is 0 Å². The van der Waals surface area contributed by atoms with Crippen molar-refractivity contribution in [2.24, 2.45) is 0 Å². The van der Waals surface area contributed by atoms with Gasteiger partial charge >= 0.3 is 0 Å². The van der Waals surface area contributed by atoms with E-state index in [-0.39, 0.29) is 5.43 Å². The van der Waals surface area contributed by atoms with Gasteiger partial charge in [-0.1, -0.05) is 26.1 Å². The third-order valence-electron chi connectivity index (χ3n) is 2.87. The quantitative estimate of drug-likeness (QED) is 0.740. The highest BCUT2D eigenvalue weighted by Gasteiger charge is 2.12. The van der Waals surface area contributed by atoms with Crippen LogP contribution in [0, 0.1) is 11.4 Å². The molecule has 90 valence electrons. The lowest BCUT2D eigenvalue weighted by Crippen LogP contribution is -2.31. The number of nitrogens with zero attached hydrogens (tertiary/aromatic N) is 1. The van der Waals surface area contributed by atoms with Gasteiger partial charge < -0.3 is 10.2 Å². The van der Waals surface area contributed by atoms with E-state index in [4.69, 9.17) is 12.2 Å². The first-order valence-electron chi connectivity index (χ1n) is 5.87. The van der Waals surface area contributed by atoms with Crippen LogP contribution in [0.1, 0.15) is 25.8 Å². The van der Waals surface area contributed by atoms with Gasteiger partial charge in [-0.2, -0.15) is 0 Å². The minimum atomic E-state index is 0.00559. The zero-order valence-corrected chi connectivity index (χ0v) is 11.1. The molecule has 1 N–H and O–H groups in total. The molecule has 0 heterocycles. The van der Waals surface area contributed by atoms with Crippen molar-refractivity contribution in [1.82, 2.24) is 4.90 Å². The third-order valence-corrected chi connectivity index (χ3v) is 3.36. The average molecular weight is 240 g/mol. The van der Waals surface area contributed by atoms with Crippen molar-refractivity contribution >= 4 is 17.9 Å². The van der Waals surface area contributed by atoms with Gasteiger partial charge in [0.25, 0.3) is 0 Å². The predicted molar refractivity (Wildman–Crippen MR) is 71.5 cm³/mol. The molecule has 0 spiro atoms. The SMILES string of the molecule is CCCN(CC)CCNc1c(C)c(=S)c1=O. The van der Waals surface area contributed by atoms with Crippen LogP contribution in [0.5, 0.6) is 0 Å². The zero-order chi connectivity index (χ0) is 12.1. The highest BCUT2D eigenvalue weighted by molar-refractivity contribution is 7.71. The van der Waals surface area contributed by atoms with Gasteiger partial charge in [-0.15, -0.1) is 0 Å². The molecule has 0 unspecified atom stereocenters. The van der Waals surface area contributed by atoms with Gasteiger partial charge in [0.05, 0.1) is 10.2 Å². The largest absolute Gasteiger partial charge is 0.380 e. The Morgan fingerprint density at radius 3 is 2.50 bits per heavy atom. The van der Waals surface area contributed by atoms with Crippen LogP contribution in [0.2, 0.25) is 0 Å². The Morgan fingerprint density at radius 2 is 2.00 bits per heavy atom. The van der Waals surface area contributed by atoms with Gasteiger partial charge in [0.15, 0.2) is 0 Å². The second-order valence-corrected chi connectivity index (χ2v) is 4.43. The molecular weight excluding hydrogens is 220 g/mol. The number of likely N-dealkylation sites (N-methyl/N-ethyl adjacent to an activating group) is 1. The molecule has 0 saturated carbocycles. The minimum Gasteiger partial charge on any atom is -0.380 e. The molecule has 0 aliphatic carbocycles. The summed E-state index contributed by atoms with van der Waals surface area (Å²) >= 11 is 4.91. The average Bonchev–Trinajstić information content (AvgIpc) is 2.31. The number of hydrogen-bond donors (Lipinski definition) is 1. The Hall–Kier alpha value is -0.740. The monoisotopic (exact) mass is 240 g/mol. The zero-order valence-electron chi connectivity index (χ0n) is 10.3. The first-order chi connectivity index (χ1) is 7.61. The summed E-state index contributed by atoms with van der Waals surface area (Å²) < 4.78 is 0.489. The van der Waals surface area contributed by atoms with E-state index in [0.717, 1.165) is 37.4 Å². The standard InChI is InChI=1S/C12H20N2OS/c1-4-7-14(5-2)8-6-13-10-9(3)12(16)11(10)15/h13H,4-8H2,1-3H3. The summed E-state index contributed by atoms with van der Waals surface area (Å²) in [6.45, 7) is 10.2. The topological polar surface area (TPSA) is 32.3 Å². The molecule has 1 rings (SSSR count). The normalized spacial score (nSPS) is 11.2. The fourth-order valence-corrected chi connectivity index (χ4v) is 2.01. The van der Waals surface area contributed by atoms with E-state index in [1.807, 2.05) is 6.92 Å². The van der Waals surface area contributed by atoms with Gasteiger partial charge in [0.1, 0.15) is 0 Å². The number of hydrogen-bond acceptors (Lipinski definition) is 4. The van der Waals surface area contributed by atoms with Crippen molar-refractivity contribution in [3.05, 3.63) is 20.3 Å². The summed E-state index contributed by atoms with van der Waals surface area (Å²) in [4.78, 5) is 13.7. The van der Waals surface area contributed by atoms with Crippen molar-refractivity contribution in [2.45, 2.75) is 27.2 Å². The molecule has 0 bridgehead atoms. The van der Waals surface area contributed by atoms with Gasteiger partial charge in [-0.05, 0) is 32.0 Å². The Labute approximate surface area is 102 Å². The molecule has 4 heteroatoms. The van der Waals surface area contributed by atoms with E-state index in [1.165, 1.54) is 6.42 Å². The lowest BCUT2D eigenvalue weighted by molar-refractivity contribution is 0.300. The maximum Gasteiger partial charge on any atom is 0.220 e. The molecule has 3 nitrogen and oxygen atoms in total. The number of rotatable bonds is 7. The van der Waals surface area contributed by atoms with E-state index < -0.39 is 0 Å². The molecule has 0 aromatic heterocycles. The number of anilines is 1. The molecule has 16 heavy (non-hydrogen) atoms. The molecule has 0 saturated heterocycles. The van der Waals surface area contributed by atoms with Gasteiger partial charge in [-0.3, -0.25) is 4.79 Å². The lowest BCUT2D eigenvalue weighted by Gasteiger charge is -2.20. The van der Waals surface area contributed by atoms with E-state index >= 15 is 0 Å². The second kappa shape index (κ2) is 6.11. The molecule has 0 fully saturated rings. The summed E-state index contributed by atoms with van der Waals surface area (Å²) in [5.74, 6) is 0. The molecule has 0 amide bonds. The molecule has 0 aliphatic heterocycles. The van der Waals surface area contributed by atoms with Crippen LogP contribution in [-0.4, -0.2) is 31.1 Å². The van der Waals surface area contributed by atoms with Gasteiger partial charge in [0.2, 0.25) is 5.43 Å². The fraction of sp³-hybridized carbons (Fsp3) is 0.667. The first kappa shape index (κ1) is 13.3. The minimum absolute atomic E-state index is 0.00559. The van der Waals surface area contributed by atoms with Crippen LogP contribution in [0.25, 0.3) is 0 Å². The predicted octanol–water partition coefficient (Wildman–Crippen LogP) is 2.10. The van der Waals surface area contributed by atoms with Crippen molar-refractivity contribution < 1.29 is 0 Å². The van der Waals surface area contributed by atoms with Crippen molar-refractivity contribution in [1.29, 1.82) is 0 Å². The van der Waals surface area contributed by atoms with Crippen molar-refractivity contribution in [3.63, 3.8) is 0 Å².